The fraction of sp³-hybridized carbons (Fsp3) is 0.0476. The molecule has 0 unspecified atom stereocenters. The van der Waals surface area contributed by atoms with E-state index in [1.54, 1.807) is 24.7 Å². The zero-order chi connectivity index (χ0) is 17.9. The van der Waals surface area contributed by atoms with Gasteiger partial charge in [-0.1, -0.05) is 24.3 Å². The van der Waals surface area contributed by atoms with E-state index in [0.29, 0.717) is 17.1 Å². The van der Waals surface area contributed by atoms with Crippen molar-refractivity contribution in [2.45, 2.75) is 6.92 Å². The second-order valence-electron chi connectivity index (χ2n) is 5.94. The van der Waals surface area contributed by atoms with Crippen LogP contribution >= 0.6 is 0 Å². The molecule has 5 heteroatoms. The molecule has 0 atom stereocenters. The summed E-state index contributed by atoms with van der Waals surface area (Å²) < 4.78 is 0. The quantitative estimate of drug-likeness (QED) is 0.605. The van der Waals surface area contributed by atoms with Crippen LogP contribution in [0.15, 0.2) is 73.2 Å². The second kappa shape index (κ2) is 6.72. The summed E-state index contributed by atoms with van der Waals surface area (Å²) in [6, 6.07) is 16.9. The molecule has 0 aliphatic rings. The number of fused-ring (bicyclic) bond motifs is 1. The van der Waals surface area contributed by atoms with Gasteiger partial charge in [0, 0.05) is 29.5 Å². The number of nitrogens with zero attached hydrogens (tertiary/aromatic N) is 3. The Kier molecular flexibility index (Phi) is 4.11. The number of hydrogen-bond donors (Lipinski definition) is 1. The third-order valence-electron chi connectivity index (χ3n) is 4.16. The minimum Gasteiger partial charge on any atom is -0.306 e. The van der Waals surface area contributed by atoms with E-state index in [9.17, 15) is 4.79 Å². The summed E-state index contributed by atoms with van der Waals surface area (Å²) in [7, 11) is 0. The lowest BCUT2D eigenvalue weighted by atomic mass is 10.0. The van der Waals surface area contributed by atoms with Gasteiger partial charge in [-0.2, -0.15) is 0 Å². The predicted molar refractivity (Wildman–Crippen MR) is 102 cm³/mol. The van der Waals surface area contributed by atoms with Crippen molar-refractivity contribution in [1.29, 1.82) is 0 Å². The van der Waals surface area contributed by atoms with E-state index >= 15 is 0 Å². The van der Waals surface area contributed by atoms with Crippen LogP contribution in [-0.4, -0.2) is 20.9 Å². The van der Waals surface area contributed by atoms with Crippen LogP contribution in [0.2, 0.25) is 0 Å². The first-order valence-electron chi connectivity index (χ1n) is 8.25. The number of hydrogen-bond acceptors (Lipinski definition) is 4. The van der Waals surface area contributed by atoms with Gasteiger partial charge in [-0.3, -0.25) is 9.78 Å². The normalized spacial score (nSPS) is 10.7. The molecular weight excluding hydrogens is 324 g/mol. The van der Waals surface area contributed by atoms with Crippen LogP contribution in [0.3, 0.4) is 0 Å². The first kappa shape index (κ1) is 15.9. The fourth-order valence-corrected chi connectivity index (χ4v) is 2.82. The number of aromatic nitrogens is 3. The summed E-state index contributed by atoms with van der Waals surface area (Å²) in [5, 5.41) is 3.70. The predicted octanol–water partition coefficient (Wildman–Crippen LogP) is 4.25. The number of pyridine rings is 3. The Morgan fingerprint density at radius 1 is 1.00 bits per heavy atom. The van der Waals surface area contributed by atoms with Crippen LogP contribution in [0, 0.1) is 6.92 Å². The van der Waals surface area contributed by atoms with Gasteiger partial charge in [0.05, 0.1) is 16.8 Å². The molecule has 5 nitrogen and oxygen atoms in total. The number of benzene rings is 1. The van der Waals surface area contributed by atoms with Gasteiger partial charge in [0.1, 0.15) is 5.82 Å². The highest BCUT2D eigenvalue weighted by molar-refractivity contribution is 6.13. The Hall–Kier alpha value is -3.60. The molecule has 3 aromatic heterocycles. The van der Waals surface area contributed by atoms with Crippen molar-refractivity contribution in [3.05, 3.63) is 84.3 Å². The Morgan fingerprint density at radius 3 is 2.65 bits per heavy atom. The minimum atomic E-state index is -0.212. The van der Waals surface area contributed by atoms with Crippen LogP contribution in [0.4, 0.5) is 5.82 Å². The topological polar surface area (TPSA) is 67.8 Å². The molecule has 26 heavy (non-hydrogen) atoms. The van der Waals surface area contributed by atoms with Crippen LogP contribution < -0.4 is 5.32 Å². The van der Waals surface area contributed by atoms with Crippen molar-refractivity contribution < 1.29 is 4.79 Å². The zero-order valence-electron chi connectivity index (χ0n) is 14.2. The maximum absolute atomic E-state index is 13.0. The first-order valence-corrected chi connectivity index (χ1v) is 8.25. The fourth-order valence-electron chi connectivity index (χ4n) is 2.82. The number of para-hydroxylation sites is 1. The maximum Gasteiger partial charge on any atom is 0.257 e. The van der Waals surface area contributed by atoms with E-state index in [2.05, 4.69) is 20.3 Å². The summed E-state index contributed by atoms with van der Waals surface area (Å²) in [4.78, 5) is 26.0. The standard InChI is InChI=1S/C21H16N4O/c1-14-6-4-11-23-20(14)25-21(26)17-12-19(15-7-5-10-22-13-15)24-18-9-3-2-8-16(17)18/h2-13H,1H3,(H,23,25,26). The third-order valence-corrected chi connectivity index (χ3v) is 4.16. The first-order chi connectivity index (χ1) is 12.7. The molecule has 0 aliphatic heterocycles. The van der Waals surface area contributed by atoms with Gasteiger partial charge >= 0.3 is 0 Å². The van der Waals surface area contributed by atoms with Gasteiger partial charge in [0.15, 0.2) is 0 Å². The highest BCUT2D eigenvalue weighted by Crippen LogP contribution is 2.25. The number of rotatable bonds is 3. The molecule has 0 radical (unpaired) electrons. The van der Waals surface area contributed by atoms with E-state index in [-0.39, 0.29) is 5.91 Å². The number of carbonyl (C=O) groups is 1. The lowest BCUT2D eigenvalue weighted by molar-refractivity contribution is 0.102. The van der Waals surface area contributed by atoms with Gasteiger partial charge in [-0.15, -0.1) is 0 Å². The maximum atomic E-state index is 13.0. The number of nitrogens with one attached hydrogen (secondary N) is 1. The SMILES string of the molecule is Cc1cccnc1NC(=O)c1cc(-c2cccnc2)nc2ccccc12. The van der Waals surface area contributed by atoms with Crippen LogP contribution in [0.25, 0.3) is 22.2 Å². The summed E-state index contributed by atoms with van der Waals surface area (Å²) in [5.41, 5.74) is 3.80. The molecule has 0 saturated carbocycles. The Morgan fingerprint density at radius 2 is 1.85 bits per heavy atom. The van der Waals surface area contributed by atoms with Crippen molar-refractivity contribution in [3.8, 4) is 11.3 Å². The molecule has 0 spiro atoms. The average Bonchev–Trinajstić information content (AvgIpc) is 2.69. The summed E-state index contributed by atoms with van der Waals surface area (Å²) >= 11 is 0. The zero-order valence-corrected chi connectivity index (χ0v) is 14.2. The van der Waals surface area contributed by atoms with Gasteiger partial charge < -0.3 is 5.32 Å². The third kappa shape index (κ3) is 3.02. The van der Waals surface area contributed by atoms with Crippen LogP contribution in [-0.2, 0) is 0 Å². The van der Waals surface area contributed by atoms with Crippen molar-refractivity contribution in [1.82, 2.24) is 15.0 Å². The minimum absolute atomic E-state index is 0.212. The molecular formula is C21H16N4O. The summed E-state index contributed by atoms with van der Waals surface area (Å²) in [6.45, 7) is 1.91. The van der Waals surface area contributed by atoms with Gasteiger partial charge in [-0.05, 0) is 42.8 Å². The van der Waals surface area contributed by atoms with Gasteiger partial charge in [0.25, 0.3) is 5.91 Å². The molecule has 3 heterocycles. The molecule has 0 aliphatic carbocycles. The van der Waals surface area contributed by atoms with Gasteiger partial charge in [-0.25, -0.2) is 9.97 Å². The Balaban J connectivity index is 1.83. The summed E-state index contributed by atoms with van der Waals surface area (Å²) in [5.74, 6) is 0.344. The van der Waals surface area contributed by atoms with Gasteiger partial charge in [0.2, 0.25) is 0 Å². The molecule has 1 aromatic carbocycles. The smallest absolute Gasteiger partial charge is 0.257 e. The van der Waals surface area contributed by atoms with E-state index < -0.39 is 0 Å². The van der Waals surface area contributed by atoms with E-state index in [1.165, 1.54) is 0 Å². The van der Waals surface area contributed by atoms with E-state index in [1.807, 2.05) is 55.5 Å². The molecule has 0 fully saturated rings. The molecule has 1 amide bonds. The number of aryl methyl sites for hydroxylation is 1. The molecule has 4 aromatic rings. The van der Waals surface area contributed by atoms with E-state index in [0.717, 1.165) is 22.0 Å². The summed E-state index contributed by atoms with van der Waals surface area (Å²) in [6.07, 6.45) is 5.11. The Bertz CT molecular complexity index is 1090. The number of amides is 1. The molecule has 0 saturated heterocycles. The number of anilines is 1. The lowest BCUT2D eigenvalue weighted by Gasteiger charge is -2.11. The molecule has 4 rings (SSSR count). The van der Waals surface area contributed by atoms with Crippen LogP contribution in [0.5, 0.6) is 0 Å². The Labute approximate surface area is 150 Å². The highest BCUT2D eigenvalue weighted by atomic mass is 16.1. The highest BCUT2D eigenvalue weighted by Gasteiger charge is 2.15. The second-order valence-corrected chi connectivity index (χ2v) is 5.94. The van der Waals surface area contributed by atoms with Crippen molar-refractivity contribution in [3.63, 3.8) is 0 Å². The largest absolute Gasteiger partial charge is 0.306 e. The van der Waals surface area contributed by atoms with Crippen molar-refractivity contribution >= 4 is 22.6 Å². The van der Waals surface area contributed by atoms with Crippen LogP contribution in [0.1, 0.15) is 15.9 Å². The lowest BCUT2D eigenvalue weighted by Crippen LogP contribution is -2.15. The monoisotopic (exact) mass is 340 g/mol. The molecule has 126 valence electrons. The van der Waals surface area contributed by atoms with Crippen molar-refractivity contribution in [2.75, 3.05) is 5.32 Å². The number of carbonyl (C=O) groups excluding carboxylic acids is 1. The van der Waals surface area contributed by atoms with Crippen molar-refractivity contribution in [2.24, 2.45) is 0 Å². The molecule has 0 bridgehead atoms. The van der Waals surface area contributed by atoms with E-state index in [4.69, 9.17) is 0 Å². The average molecular weight is 340 g/mol. The molecule has 1 N–H and O–H groups in total.